The van der Waals surface area contributed by atoms with Crippen LogP contribution in [0.25, 0.3) is 10.8 Å². The summed E-state index contributed by atoms with van der Waals surface area (Å²) in [6.45, 7) is 0. The van der Waals surface area contributed by atoms with Gasteiger partial charge in [-0.25, -0.2) is 8.42 Å². The molecule has 4 nitrogen and oxygen atoms in total. The molecule has 116 valence electrons. The molecular weight excluding hydrogens is 310 g/mol. The van der Waals surface area contributed by atoms with E-state index in [1.807, 2.05) is 24.3 Å². The Labute approximate surface area is 134 Å². The monoisotopic (exact) mass is 325 g/mol. The Balaban J connectivity index is 2.10. The lowest BCUT2D eigenvalue weighted by atomic mass is 10.1. The SMILES string of the molecule is Nc1ccc(C=O)cc1CS(=O)(=O)c1cccc2ccccc12. The molecule has 0 saturated carbocycles. The van der Waals surface area contributed by atoms with Gasteiger partial charge in [-0.05, 0) is 35.2 Å². The van der Waals surface area contributed by atoms with Gasteiger partial charge in [0, 0.05) is 16.6 Å². The van der Waals surface area contributed by atoms with Crippen LogP contribution in [-0.4, -0.2) is 14.7 Å². The zero-order chi connectivity index (χ0) is 16.4. The van der Waals surface area contributed by atoms with Crippen molar-refractivity contribution in [3.8, 4) is 0 Å². The largest absolute Gasteiger partial charge is 0.398 e. The van der Waals surface area contributed by atoms with E-state index in [4.69, 9.17) is 5.73 Å². The molecule has 0 unspecified atom stereocenters. The number of benzene rings is 3. The molecular formula is C18H15NO3S. The second-order valence-corrected chi connectivity index (χ2v) is 7.27. The molecule has 3 rings (SSSR count). The van der Waals surface area contributed by atoms with Crippen molar-refractivity contribution < 1.29 is 13.2 Å². The molecule has 23 heavy (non-hydrogen) atoms. The number of carbonyl (C=O) groups is 1. The highest BCUT2D eigenvalue weighted by molar-refractivity contribution is 7.90. The summed E-state index contributed by atoms with van der Waals surface area (Å²) in [5, 5.41) is 1.54. The summed E-state index contributed by atoms with van der Waals surface area (Å²) in [6, 6.07) is 17.2. The van der Waals surface area contributed by atoms with Crippen LogP contribution < -0.4 is 5.73 Å². The molecule has 3 aromatic carbocycles. The van der Waals surface area contributed by atoms with Gasteiger partial charge in [0.1, 0.15) is 6.29 Å². The maximum atomic E-state index is 12.8. The van der Waals surface area contributed by atoms with E-state index in [2.05, 4.69) is 0 Å². The van der Waals surface area contributed by atoms with E-state index in [1.165, 1.54) is 6.07 Å². The van der Waals surface area contributed by atoms with Gasteiger partial charge in [0.15, 0.2) is 9.84 Å². The number of sulfone groups is 1. The Morgan fingerprint density at radius 3 is 2.48 bits per heavy atom. The molecule has 2 N–H and O–H groups in total. The fourth-order valence-electron chi connectivity index (χ4n) is 2.57. The lowest BCUT2D eigenvalue weighted by Gasteiger charge is -2.10. The van der Waals surface area contributed by atoms with Crippen LogP contribution in [0, 0.1) is 0 Å². The summed E-state index contributed by atoms with van der Waals surface area (Å²) in [5.41, 5.74) is 7.06. The highest BCUT2D eigenvalue weighted by Crippen LogP contribution is 2.27. The molecule has 0 aliphatic heterocycles. The van der Waals surface area contributed by atoms with Gasteiger partial charge in [0.05, 0.1) is 10.6 Å². The van der Waals surface area contributed by atoms with Crippen molar-refractivity contribution >= 4 is 32.6 Å². The number of rotatable bonds is 4. The minimum absolute atomic E-state index is 0.242. The molecule has 0 spiro atoms. The lowest BCUT2D eigenvalue weighted by molar-refractivity contribution is 0.112. The third kappa shape index (κ3) is 2.96. The Hall–Kier alpha value is -2.66. The maximum Gasteiger partial charge on any atom is 0.183 e. The van der Waals surface area contributed by atoms with E-state index < -0.39 is 9.84 Å². The number of nitrogens with two attached hydrogens (primary N) is 1. The first-order chi connectivity index (χ1) is 11.0. The Bertz CT molecular complexity index is 989. The third-order valence-corrected chi connectivity index (χ3v) is 5.45. The molecule has 0 aliphatic carbocycles. The number of fused-ring (bicyclic) bond motifs is 1. The van der Waals surface area contributed by atoms with Gasteiger partial charge in [-0.1, -0.05) is 36.4 Å². The van der Waals surface area contributed by atoms with Crippen LogP contribution in [0.5, 0.6) is 0 Å². The summed E-state index contributed by atoms with van der Waals surface area (Å²) >= 11 is 0. The molecule has 0 saturated heterocycles. The summed E-state index contributed by atoms with van der Waals surface area (Å²) < 4.78 is 25.6. The molecule has 0 fully saturated rings. The Morgan fingerprint density at radius 1 is 0.957 bits per heavy atom. The molecule has 0 heterocycles. The zero-order valence-electron chi connectivity index (χ0n) is 12.3. The van der Waals surface area contributed by atoms with Gasteiger partial charge < -0.3 is 5.73 Å². The fourth-order valence-corrected chi connectivity index (χ4v) is 4.20. The van der Waals surface area contributed by atoms with Crippen molar-refractivity contribution in [2.75, 3.05) is 5.73 Å². The highest BCUT2D eigenvalue weighted by atomic mass is 32.2. The number of hydrogen-bond acceptors (Lipinski definition) is 4. The summed E-state index contributed by atoms with van der Waals surface area (Å²) in [6.07, 6.45) is 0.674. The van der Waals surface area contributed by atoms with Gasteiger partial charge in [-0.3, -0.25) is 4.79 Å². The molecule has 0 bridgehead atoms. The average molecular weight is 325 g/mol. The van der Waals surface area contributed by atoms with Crippen molar-refractivity contribution in [2.45, 2.75) is 10.6 Å². The lowest BCUT2D eigenvalue weighted by Crippen LogP contribution is -2.08. The molecule has 3 aromatic rings. The Morgan fingerprint density at radius 2 is 1.70 bits per heavy atom. The van der Waals surface area contributed by atoms with Crippen molar-refractivity contribution in [3.05, 3.63) is 71.8 Å². The average Bonchev–Trinajstić information content (AvgIpc) is 2.56. The van der Waals surface area contributed by atoms with Crippen molar-refractivity contribution in [3.63, 3.8) is 0 Å². The number of hydrogen-bond donors (Lipinski definition) is 1. The van der Waals surface area contributed by atoms with Crippen LogP contribution >= 0.6 is 0 Å². The van der Waals surface area contributed by atoms with Crippen LogP contribution in [0.15, 0.2) is 65.6 Å². The number of anilines is 1. The smallest absolute Gasteiger partial charge is 0.183 e. The van der Waals surface area contributed by atoms with E-state index >= 15 is 0 Å². The third-order valence-electron chi connectivity index (χ3n) is 3.73. The van der Waals surface area contributed by atoms with Gasteiger partial charge in [-0.2, -0.15) is 0 Å². The van der Waals surface area contributed by atoms with E-state index in [0.29, 0.717) is 28.5 Å². The van der Waals surface area contributed by atoms with Gasteiger partial charge >= 0.3 is 0 Å². The van der Waals surface area contributed by atoms with Crippen LogP contribution in [0.3, 0.4) is 0 Å². The molecule has 0 radical (unpaired) electrons. The summed E-state index contributed by atoms with van der Waals surface area (Å²) in [5.74, 6) is -0.242. The maximum absolute atomic E-state index is 12.8. The fraction of sp³-hybridized carbons (Fsp3) is 0.0556. The molecule has 0 atom stereocenters. The van der Waals surface area contributed by atoms with Gasteiger partial charge in [0.25, 0.3) is 0 Å². The quantitative estimate of drug-likeness (QED) is 0.590. The number of nitrogen functional groups attached to an aromatic ring is 1. The summed E-state index contributed by atoms with van der Waals surface area (Å²) in [7, 11) is -3.58. The molecule has 0 aliphatic rings. The first-order valence-corrected chi connectivity index (χ1v) is 8.70. The van der Waals surface area contributed by atoms with Crippen LogP contribution in [0.2, 0.25) is 0 Å². The zero-order valence-corrected chi connectivity index (χ0v) is 13.1. The first-order valence-electron chi connectivity index (χ1n) is 7.05. The van der Waals surface area contributed by atoms with Crippen LogP contribution in [0.4, 0.5) is 5.69 Å². The van der Waals surface area contributed by atoms with Crippen LogP contribution in [-0.2, 0) is 15.6 Å². The second kappa shape index (κ2) is 5.85. The van der Waals surface area contributed by atoms with Crippen molar-refractivity contribution in [1.29, 1.82) is 0 Å². The van der Waals surface area contributed by atoms with Crippen molar-refractivity contribution in [1.82, 2.24) is 0 Å². The predicted molar refractivity (Wildman–Crippen MR) is 91.1 cm³/mol. The molecule has 5 heteroatoms. The summed E-state index contributed by atoms with van der Waals surface area (Å²) in [4.78, 5) is 11.2. The minimum atomic E-state index is -3.58. The highest BCUT2D eigenvalue weighted by Gasteiger charge is 2.19. The first kappa shape index (κ1) is 15.2. The minimum Gasteiger partial charge on any atom is -0.398 e. The van der Waals surface area contributed by atoms with Gasteiger partial charge in [-0.15, -0.1) is 0 Å². The number of carbonyl (C=O) groups excluding carboxylic acids is 1. The van der Waals surface area contributed by atoms with Gasteiger partial charge in [0.2, 0.25) is 0 Å². The topological polar surface area (TPSA) is 77.2 Å². The molecule has 0 amide bonds. The van der Waals surface area contributed by atoms with Crippen molar-refractivity contribution in [2.24, 2.45) is 0 Å². The molecule has 0 aromatic heterocycles. The van der Waals surface area contributed by atoms with E-state index in [1.54, 1.807) is 30.3 Å². The predicted octanol–water partition coefficient (Wildman–Crippen LogP) is 3.21. The second-order valence-electron chi connectivity index (χ2n) is 5.31. The van der Waals surface area contributed by atoms with E-state index in [-0.39, 0.29) is 10.6 Å². The standard InChI is InChI=1S/C18H15NO3S/c19-17-9-8-13(11-20)10-15(17)12-23(21,22)18-7-3-5-14-4-1-2-6-16(14)18/h1-11H,12,19H2. The van der Waals surface area contributed by atoms with Crippen LogP contribution in [0.1, 0.15) is 15.9 Å². The normalized spacial score (nSPS) is 11.5. The Kier molecular flexibility index (Phi) is 3.88. The van der Waals surface area contributed by atoms with E-state index in [0.717, 1.165) is 5.39 Å². The van der Waals surface area contributed by atoms with E-state index in [9.17, 15) is 13.2 Å². The number of aldehydes is 1.